The highest BCUT2D eigenvalue weighted by molar-refractivity contribution is 7.99. The van der Waals surface area contributed by atoms with Crippen LogP contribution in [0.2, 0.25) is 0 Å². The molecular formula is C12H16N2OS. The first-order chi connectivity index (χ1) is 7.69. The minimum atomic E-state index is 0.537. The number of aromatic nitrogens is 1. The van der Waals surface area contributed by atoms with Crippen LogP contribution in [-0.2, 0) is 0 Å². The first kappa shape index (κ1) is 11.3. The molecule has 3 nitrogen and oxygen atoms in total. The fraction of sp³-hybridized carbons (Fsp3) is 0.417. The van der Waals surface area contributed by atoms with Crippen molar-refractivity contribution in [1.29, 1.82) is 0 Å². The SMILES string of the molecule is CCCC(C)Sc1nc2ccc(N)cc2o1. The molecule has 0 aliphatic heterocycles. The number of anilines is 1. The third kappa shape index (κ3) is 2.50. The number of benzene rings is 1. The summed E-state index contributed by atoms with van der Waals surface area (Å²) in [6, 6.07) is 5.55. The predicted molar refractivity (Wildman–Crippen MR) is 68.6 cm³/mol. The smallest absolute Gasteiger partial charge is 0.256 e. The summed E-state index contributed by atoms with van der Waals surface area (Å²) in [7, 11) is 0. The van der Waals surface area contributed by atoms with Crippen molar-refractivity contribution in [2.75, 3.05) is 5.73 Å². The normalized spacial score (nSPS) is 13.1. The minimum Gasteiger partial charge on any atom is -0.431 e. The number of thioether (sulfide) groups is 1. The highest BCUT2D eigenvalue weighted by atomic mass is 32.2. The fourth-order valence-electron chi connectivity index (χ4n) is 1.61. The van der Waals surface area contributed by atoms with Gasteiger partial charge in [-0.15, -0.1) is 0 Å². The third-order valence-electron chi connectivity index (χ3n) is 2.39. The van der Waals surface area contributed by atoms with E-state index in [1.807, 2.05) is 18.2 Å². The molecule has 1 heterocycles. The van der Waals surface area contributed by atoms with E-state index in [0.29, 0.717) is 10.9 Å². The largest absolute Gasteiger partial charge is 0.431 e. The Bertz CT molecular complexity index is 481. The summed E-state index contributed by atoms with van der Waals surface area (Å²) in [5.74, 6) is 0. The highest BCUT2D eigenvalue weighted by Gasteiger charge is 2.10. The summed E-state index contributed by atoms with van der Waals surface area (Å²) in [5.41, 5.74) is 8.04. The number of rotatable bonds is 4. The van der Waals surface area contributed by atoms with Crippen LogP contribution in [-0.4, -0.2) is 10.2 Å². The molecule has 0 radical (unpaired) electrons. The average Bonchev–Trinajstić information content (AvgIpc) is 2.59. The van der Waals surface area contributed by atoms with Crippen LogP contribution in [0.5, 0.6) is 0 Å². The molecule has 0 spiro atoms. The predicted octanol–water partition coefficient (Wildman–Crippen LogP) is 3.69. The molecule has 16 heavy (non-hydrogen) atoms. The summed E-state index contributed by atoms with van der Waals surface area (Å²) in [6.07, 6.45) is 2.35. The Balaban J connectivity index is 2.19. The molecule has 0 fully saturated rings. The fourth-order valence-corrected chi connectivity index (χ4v) is 2.59. The Kier molecular flexibility index (Phi) is 3.39. The van der Waals surface area contributed by atoms with E-state index in [9.17, 15) is 0 Å². The monoisotopic (exact) mass is 236 g/mol. The molecule has 0 saturated carbocycles. The van der Waals surface area contributed by atoms with Crippen molar-refractivity contribution >= 4 is 28.5 Å². The van der Waals surface area contributed by atoms with Gasteiger partial charge >= 0.3 is 0 Å². The van der Waals surface area contributed by atoms with Gasteiger partial charge < -0.3 is 10.2 Å². The summed E-state index contributed by atoms with van der Waals surface area (Å²) >= 11 is 1.68. The van der Waals surface area contributed by atoms with Crippen LogP contribution >= 0.6 is 11.8 Å². The van der Waals surface area contributed by atoms with Crippen LogP contribution in [0.3, 0.4) is 0 Å². The maximum absolute atomic E-state index is 5.69. The zero-order valence-electron chi connectivity index (χ0n) is 9.56. The topological polar surface area (TPSA) is 52.0 Å². The second-order valence-corrected chi connectivity index (χ2v) is 5.31. The number of hydrogen-bond acceptors (Lipinski definition) is 4. The molecule has 0 amide bonds. The lowest BCUT2D eigenvalue weighted by Gasteiger charge is -2.04. The van der Waals surface area contributed by atoms with Crippen LogP contribution < -0.4 is 5.73 Å². The molecule has 0 bridgehead atoms. The number of nitrogens with two attached hydrogens (primary N) is 1. The van der Waals surface area contributed by atoms with Gasteiger partial charge in [-0.25, -0.2) is 4.98 Å². The molecule has 1 aromatic carbocycles. The van der Waals surface area contributed by atoms with Crippen molar-refractivity contribution in [1.82, 2.24) is 4.98 Å². The molecule has 86 valence electrons. The Labute approximate surface area is 99.4 Å². The first-order valence-electron chi connectivity index (χ1n) is 5.51. The molecule has 0 aliphatic rings. The van der Waals surface area contributed by atoms with Crippen molar-refractivity contribution in [3.05, 3.63) is 18.2 Å². The van der Waals surface area contributed by atoms with Crippen LogP contribution in [0.25, 0.3) is 11.1 Å². The Hall–Kier alpha value is -1.16. The lowest BCUT2D eigenvalue weighted by molar-refractivity contribution is 0.488. The van der Waals surface area contributed by atoms with E-state index in [0.717, 1.165) is 16.3 Å². The van der Waals surface area contributed by atoms with Gasteiger partial charge in [0.1, 0.15) is 5.52 Å². The standard InChI is InChI=1S/C12H16N2OS/c1-3-4-8(2)16-12-14-10-6-5-9(13)7-11(10)15-12/h5-8H,3-4,13H2,1-2H3. The van der Waals surface area contributed by atoms with Gasteiger partial charge in [0.2, 0.25) is 0 Å². The van der Waals surface area contributed by atoms with Crippen molar-refractivity contribution in [2.45, 2.75) is 37.2 Å². The highest BCUT2D eigenvalue weighted by Crippen LogP contribution is 2.29. The third-order valence-corrected chi connectivity index (χ3v) is 3.40. The zero-order chi connectivity index (χ0) is 11.5. The molecule has 1 atom stereocenters. The molecule has 2 N–H and O–H groups in total. The van der Waals surface area contributed by atoms with Gasteiger partial charge in [0.15, 0.2) is 5.58 Å². The van der Waals surface area contributed by atoms with Crippen molar-refractivity contribution in [2.24, 2.45) is 0 Å². The number of oxazole rings is 1. The Morgan fingerprint density at radius 2 is 2.31 bits per heavy atom. The zero-order valence-corrected chi connectivity index (χ0v) is 10.4. The maximum atomic E-state index is 5.69. The average molecular weight is 236 g/mol. The van der Waals surface area contributed by atoms with Gasteiger partial charge in [0, 0.05) is 17.0 Å². The molecule has 0 aliphatic carbocycles. The van der Waals surface area contributed by atoms with E-state index in [2.05, 4.69) is 18.8 Å². The van der Waals surface area contributed by atoms with E-state index in [-0.39, 0.29) is 0 Å². The van der Waals surface area contributed by atoms with E-state index >= 15 is 0 Å². The van der Waals surface area contributed by atoms with E-state index < -0.39 is 0 Å². The molecule has 0 saturated heterocycles. The number of fused-ring (bicyclic) bond motifs is 1. The Morgan fingerprint density at radius 1 is 1.50 bits per heavy atom. The summed E-state index contributed by atoms with van der Waals surface area (Å²) in [5, 5.41) is 1.27. The maximum Gasteiger partial charge on any atom is 0.256 e. The number of hydrogen-bond donors (Lipinski definition) is 1. The van der Waals surface area contributed by atoms with E-state index in [1.54, 1.807) is 11.8 Å². The van der Waals surface area contributed by atoms with Crippen LogP contribution in [0.15, 0.2) is 27.8 Å². The van der Waals surface area contributed by atoms with Gasteiger partial charge in [-0.3, -0.25) is 0 Å². The quantitative estimate of drug-likeness (QED) is 0.649. The molecule has 1 unspecified atom stereocenters. The molecule has 1 aromatic heterocycles. The molecule has 4 heteroatoms. The van der Waals surface area contributed by atoms with Crippen molar-refractivity contribution < 1.29 is 4.42 Å². The van der Waals surface area contributed by atoms with Crippen LogP contribution in [0.1, 0.15) is 26.7 Å². The second kappa shape index (κ2) is 4.78. The van der Waals surface area contributed by atoms with Gasteiger partial charge in [-0.1, -0.05) is 32.0 Å². The van der Waals surface area contributed by atoms with Gasteiger partial charge in [0.25, 0.3) is 5.22 Å². The summed E-state index contributed by atoms with van der Waals surface area (Å²) < 4.78 is 5.64. The number of nitrogens with zero attached hydrogens (tertiary/aromatic N) is 1. The lowest BCUT2D eigenvalue weighted by Crippen LogP contribution is -1.93. The minimum absolute atomic E-state index is 0.537. The van der Waals surface area contributed by atoms with Gasteiger partial charge in [-0.05, 0) is 18.6 Å². The van der Waals surface area contributed by atoms with Crippen LogP contribution in [0, 0.1) is 0 Å². The Morgan fingerprint density at radius 3 is 3.06 bits per heavy atom. The molecule has 2 aromatic rings. The summed E-state index contributed by atoms with van der Waals surface area (Å²) in [4.78, 5) is 4.42. The molecular weight excluding hydrogens is 220 g/mol. The van der Waals surface area contributed by atoms with Gasteiger partial charge in [0.05, 0.1) is 0 Å². The van der Waals surface area contributed by atoms with Crippen molar-refractivity contribution in [3.63, 3.8) is 0 Å². The second-order valence-electron chi connectivity index (χ2n) is 3.92. The lowest BCUT2D eigenvalue weighted by atomic mass is 10.3. The van der Waals surface area contributed by atoms with E-state index in [4.69, 9.17) is 10.2 Å². The van der Waals surface area contributed by atoms with E-state index in [1.165, 1.54) is 12.8 Å². The first-order valence-corrected chi connectivity index (χ1v) is 6.39. The number of nitrogen functional groups attached to an aromatic ring is 1. The van der Waals surface area contributed by atoms with Crippen molar-refractivity contribution in [3.8, 4) is 0 Å². The molecule has 2 rings (SSSR count). The van der Waals surface area contributed by atoms with Gasteiger partial charge in [-0.2, -0.15) is 0 Å². The van der Waals surface area contributed by atoms with Crippen LogP contribution in [0.4, 0.5) is 5.69 Å². The summed E-state index contributed by atoms with van der Waals surface area (Å²) in [6.45, 7) is 4.38.